The molecule has 0 aliphatic rings. The van der Waals surface area contributed by atoms with Gasteiger partial charge in [0.25, 0.3) is 0 Å². The lowest BCUT2D eigenvalue weighted by molar-refractivity contribution is 0.109. The highest BCUT2D eigenvalue weighted by Crippen LogP contribution is 2.22. The first kappa shape index (κ1) is 12.8. The van der Waals surface area contributed by atoms with Crippen molar-refractivity contribution in [3.05, 3.63) is 60.2 Å². The Kier molecular flexibility index (Phi) is 4.10. The Morgan fingerprint density at radius 2 is 1.44 bits per heavy atom. The van der Waals surface area contributed by atoms with Gasteiger partial charge in [0.1, 0.15) is 0 Å². The van der Waals surface area contributed by atoms with Crippen molar-refractivity contribution in [2.24, 2.45) is 5.73 Å². The number of rotatable bonds is 4. The van der Waals surface area contributed by atoms with Crippen molar-refractivity contribution in [2.75, 3.05) is 6.61 Å². The first-order valence-corrected chi connectivity index (χ1v) is 5.92. The summed E-state index contributed by atoms with van der Waals surface area (Å²) in [6, 6.07) is 16.9. The fourth-order valence-electron chi connectivity index (χ4n) is 1.85. The molecule has 0 fully saturated rings. The Bertz CT molecular complexity index is 482. The molecule has 3 heteroatoms. The van der Waals surface area contributed by atoms with Gasteiger partial charge in [-0.05, 0) is 16.7 Å². The van der Waals surface area contributed by atoms with Crippen LogP contribution in [0.1, 0.15) is 11.7 Å². The van der Waals surface area contributed by atoms with Crippen molar-refractivity contribution >= 4 is 0 Å². The smallest absolute Gasteiger partial charge is 0.0963 e. The number of hydrogen-bond donors (Lipinski definition) is 3. The number of aliphatic hydroxyl groups excluding tert-OH is 2. The van der Waals surface area contributed by atoms with Crippen molar-refractivity contribution in [1.29, 1.82) is 0 Å². The molecule has 0 saturated carbocycles. The van der Waals surface area contributed by atoms with Crippen LogP contribution in [-0.4, -0.2) is 22.9 Å². The molecule has 3 nitrogen and oxygen atoms in total. The molecular weight excluding hydrogens is 226 g/mol. The molecular formula is C15H17NO2. The van der Waals surface area contributed by atoms with Gasteiger partial charge in [-0.3, -0.25) is 0 Å². The molecule has 0 spiro atoms. The molecule has 2 rings (SSSR count). The first-order valence-electron chi connectivity index (χ1n) is 5.92. The number of hydrogen-bond acceptors (Lipinski definition) is 3. The lowest BCUT2D eigenvalue weighted by Gasteiger charge is -2.17. The predicted octanol–water partition coefficient (Wildman–Crippen LogP) is 1.71. The molecule has 0 aliphatic heterocycles. The first-order chi connectivity index (χ1) is 8.72. The molecule has 0 amide bonds. The zero-order chi connectivity index (χ0) is 13.0. The Labute approximate surface area is 107 Å². The lowest BCUT2D eigenvalue weighted by Crippen LogP contribution is -2.31. The summed E-state index contributed by atoms with van der Waals surface area (Å²) in [5.41, 5.74) is 8.53. The Morgan fingerprint density at radius 3 is 2.00 bits per heavy atom. The maximum atomic E-state index is 9.87. The third kappa shape index (κ3) is 2.76. The SMILES string of the molecule is NC(CO)C(O)c1ccc(-c2ccccc2)cc1. The largest absolute Gasteiger partial charge is 0.395 e. The Balaban J connectivity index is 2.20. The quantitative estimate of drug-likeness (QED) is 0.765. The average molecular weight is 243 g/mol. The van der Waals surface area contributed by atoms with Crippen LogP contribution < -0.4 is 5.73 Å². The number of benzene rings is 2. The molecule has 2 aromatic rings. The zero-order valence-electron chi connectivity index (χ0n) is 10.0. The van der Waals surface area contributed by atoms with E-state index in [2.05, 4.69) is 0 Å². The average Bonchev–Trinajstić information content (AvgIpc) is 2.47. The fourth-order valence-corrected chi connectivity index (χ4v) is 1.85. The number of aliphatic hydroxyl groups is 2. The van der Waals surface area contributed by atoms with Gasteiger partial charge in [-0.25, -0.2) is 0 Å². The van der Waals surface area contributed by atoms with Crippen molar-refractivity contribution in [1.82, 2.24) is 0 Å². The summed E-state index contributed by atoms with van der Waals surface area (Å²) in [7, 11) is 0. The minimum Gasteiger partial charge on any atom is -0.395 e. The molecule has 2 unspecified atom stereocenters. The molecule has 0 bridgehead atoms. The van der Waals surface area contributed by atoms with Crippen molar-refractivity contribution in [3.63, 3.8) is 0 Å². The van der Waals surface area contributed by atoms with Gasteiger partial charge >= 0.3 is 0 Å². The van der Waals surface area contributed by atoms with Crippen LogP contribution in [0.4, 0.5) is 0 Å². The van der Waals surface area contributed by atoms with E-state index in [0.717, 1.165) is 16.7 Å². The van der Waals surface area contributed by atoms with E-state index in [0.29, 0.717) is 0 Å². The molecule has 18 heavy (non-hydrogen) atoms. The third-order valence-electron chi connectivity index (χ3n) is 2.98. The van der Waals surface area contributed by atoms with E-state index in [-0.39, 0.29) is 6.61 Å². The van der Waals surface area contributed by atoms with E-state index in [1.165, 1.54) is 0 Å². The maximum Gasteiger partial charge on any atom is 0.0963 e. The molecule has 94 valence electrons. The summed E-state index contributed by atoms with van der Waals surface area (Å²) in [5, 5.41) is 18.8. The van der Waals surface area contributed by atoms with Crippen LogP contribution in [0.2, 0.25) is 0 Å². The Hall–Kier alpha value is -1.68. The van der Waals surface area contributed by atoms with Crippen molar-refractivity contribution < 1.29 is 10.2 Å². The highest BCUT2D eigenvalue weighted by atomic mass is 16.3. The fraction of sp³-hybridized carbons (Fsp3) is 0.200. The van der Waals surface area contributed by atoms with Crippen LogP contribution in [-0.2, 0) is 0 Å². The predicted molar refractivity (Wildman–Crippen MR) is 71.9 cm³/mol. The highest BCUT2D eigenvalue weighted by Gasteiger charge is 2.15. The van der Waals surface area contributed by atoms with Gasteiger partial charge in [-0.15, -0.1) is 0 Å². The molecule has 2 atom stereocenters. The third-order valence-corrected chi connectivity index (χ3v) is 2.98. The minimum atomic E-state index is -0.833. The van der Waals surface area contributed by atoms with Gasteiger partial charge < -0.3 is 15.9 Å². The van der Waals surface area contributed by atoms with E-state index >= 15 is 0 Å². The second kappa shape index (κ2) is 5.78. The monoisotopic (exact) mass is 243 g/mol. The topological polar surface area (TPSA) is 66.5 Å². The molecule has 2 aromatic carbocycles. The van der Waals surface area contributed by atoms with Gasteiger partial charge in [-0.2, -0.15) is 0 Å². The molecule has 0 radical (unpaired) electrons. The maximum absolute atomic E-state index is 9.87. The van der Waals surface area contributed by atoms with Crippen LogP contribution in [0.15, 0.2) is 54.6 Å². The second-order valence-electron chi connectivity index (χ2n) is 4.28. The van der Waals surface area contributed by atoms with Gasteiger partial charge in [0.05, 0.1) is 18.8 Å². The van der Waals surface area contributed by atoms with Gasteiger partial charge in [0.2, 0.25) is 0 Å². The van der Waals surface area contributed by atoms with E-state index in [4.69, 9.17) is 10.8 Å². The second-order valence-corrected chi connectivity index (χ2v) is 4.28. The van der Waals surface area contributed by atoms with Gasteiger partial charge in [-0.1, -0.05) is 54.6 Å². The summed E-state index contributed by atoms with van der Waals surface area (Å²) in [6.07, 6.45) is -0.833. The summed E-state index contributed by atoms with van der Waals surface area (Å²) in [4.78, 5) is 0. The van der Waals surface area contributed by atoms with E-state index in [9.17, 15) is 5.11 Å². The van der Waals surface area contributed by atoms with Crippen molar-refractivity contribution in [2.45, 2.75) is 12.1 Å². The lowest BCUT2D eigenvalue weighted by atomic mass is 9.99. The van der Waals surface area contributed by atoms with Crippen LogP contribution in [0, 0.1) is 0 Å². The number of nitrogens with two attached hydrogens (primary N) is 1. The molecule has 4 N–H and O–H groups in total. The minimum absolute atomic E-state index is 0.235. The van der Waals surface area contributed by atoms with Crippen LogP contribution in [0.3, 0.4) is 0 Å². The highest BCUT2D eigenvalue weighted by molar-refractivity contribution is 5.63. The van der Waals surface area contributed by atoms with Gasteiger partial charge in [0, 0.05) is 0 Å². The summed E-state index contributed by atoms with van der Waals surface area (Å²) in [6.45, 7) is -0.235. The van der Waals surface area contributed by atoms with Crippen molar-refractivity contribution in [3.8, 4) is 11.1 Å². The van der Waals surface area contributed by atoms with E-state index in [1.54, 1.807) is 0 Å². The molecule has 0 aromatic heterocycles. The van der Waals surface area contributed by atoms with Crippen LogP contribution in [0.25, 0.3) is 11.1 Å². The summed E-state index contributed by atoms with van der Waals surface area (Å²) < 4.78 is 0. The summed E-state index contributed by atoms with van der Waals surface area (Å²) in [5.74, 6) is 0. The van der Waals surface area contributed by atoms with Crippen LogP contribution >= 0.6 is 0 Å². The normalized spacial score (nSPS) is 14.2. The Morgan fingerprint density at radius 1 is 0.889 bits per heavy atom. The molecule has 0 aliphatic carbocycles. The van der Waals surface area contributed by atoms with E-state index < -0.39 is 12.1 Å². The zero-order valence-corrected chi connectivity index (χ0v) is 10.0. The van der Waals surface area contributed by atoms with E-state index in [1.807, 2.05) is 54.6 Å². The standard InChI is InChI=1S/C15H17NO2/c16-14(10-17)15(18)13-8-6-12(7-9-13)11-4-2-1-3-5-11/h1-9,14-15,17-18H,10,16H2. The molecule has 0 saturated heterocycles. The molecule has 0 heterocycles. The van der Waals surface area contributed by atoms with Crippen LogP contribution in [0.5, 0.6) is 0 Å². The van der Waals surface area contributed by atoms with Gasteiger partial charge in [0.15, 0.2) is 0 Å². The summed E-state index contributed by atoms with van der Waals surface area (Å²) >= 11 is 0.